The van der Waals surface area contributed by atoms with Gasteiger partial charge in [0.2, 0.25) is 0 Å². The number of nitrogens with zero attached hydrogens (tertiary/aromatic N) is 2. The van der Waals surface area contributed by atoms with Crippen molar-refractivity contribution in [3.8, 4) is 0 Å². The topological polar surface area (TPSA) is 104 Å². The van der Waals surface area contributed by atoms with Crippen molar-refractivity contribution < 1.29 is 24.2 Å². The molecule has 6 rings (SSSR count). The number of aromatic nitrogens is 2. The van der Waals surface area contributed by atoms with Gasteiger partial charge in [0.1, 0.15) is 23.9 Å². The molecule has 0 saturated carbocycles. The molecule has 2 saturated heterocycles. The lowest BCUT2D eigenvalue weighted by Crippen LogP contribution is -2.39. The quantitative estimate of drug-likeness (QED) is 0.212. The fourth-order valence-electron chi connectivity index (χ4n) is 5.90. The Balaban J connectivity index is 1.40. The van der Waals surface area contributed by atoms with Crippen LogP contribution in [0, 0.1) is 0 Å². The van der Waals surface area contributed by atoms with Crippen molar-refractivity contribution >= 4 is 11.9 Å². The maximum absolute atomic E-state index is 13.0. The van der Waals surface area contributed by atoms with Gasteiger partial charge in [0.05, 0.1) is 6.61 Å². The molecular formula is C33H33N3O6. The van der Waals surface area contributed by atoms with E-state index in [1.807, 2.05) is 73.9 Å². The first kappa shape index (κ1) is 28.0. The zero-order chi connectivity index (χ0) is 29.3. The second kappa shape index (κ2) is 11.3. The molecule has 4 atom stereocenters. The van der Waals surface area contributed by atoms with Crippen LogP contribution in [0.2, 0.25) is 0 Å². The molecule has 0 aliphatic carbocycles. The fraction of sp³-hybridized carbons (Fsp3) is 0.273. The van der Waals surface area contributed by atoms with Crippen LogP contribution in [-0.4, -0.2) is 45.5 Å². The molecule has 0 bridgehead atoms. The van der Waals surface area contributed by atoms with Crippen LogP contribution in [-0.2, 0) is 24.5 Å². The standard InChI is InChI=1S/C33H33N3O6/c1-4-22-20-36(31(37)34-29(22)35-38)30-28-27(41-32(2,3)42-28)26(40-30)21-39-33(23-14-8-5-9-15-23,24-16-10-6-11-17-24)25-18-12-7-13-19-25/h4-20,26-28,30,38H,1,21H2,2-3H3,(H,34,35,37)/t26-,27-,28-,30-/m1/s1. The SMILES string of the molecule is C=Cc1cn([C@@H]2O[C@H](COC(c3ccccc3)(c3ccccc3)c3ccccc3)[C@H]3OC(C)(C)O[C@H]32)c(=O)nc1NO. The molecular weight excluding hydrogens is 534 g/mol. The highest BCUT2D eigenvalue weighted by Gasteiger charge is 2.57. The van der Waals surface area contributed by atoms with E-state index < -0.39 is 41.6 Å². The van der Waals surface area contributed by atoms with Gasteiger partial charge >= 0.3 is 5.69 Å². The monoisotopic (exact) mass is 567 g/mol. The van der Waals surface area contributed by atoms with Gasteiger partial charge in [0.15, 0.2) is 17.8 Å². The molecule has 4 aromatic rings. The second-order valence-electron chi connectivity index (χ2n) is 10.8. The molecule has 2 fully saturated rings. The van der Waals surface area contributed by atoms with Crippen LogP contribution >= 0.6 is 0 Å². The number of nitrogens with one attached hydrogen (secondary N) is 1. The van der Waals surface area contributed by atoms with Crippen LogP contribution in [0.25, 0.3) is 6.08 Å². The van der Waals surface area contributed by atoms with E-state index in [1.165, 1.54) is 16.8 Å². The van der Waals surface area contributed by atoms with Gasteiger partial charge in [-0.25, -0.2) is 4.79 Å². The Morgan fingerprint density at radius 3 is 1.98 bits per heavy atom. The summed E-state index contributed by atoms with van der Waals surface area (Å²) in [6.45, 7) is 7.55. The third-order valence-corrected chi connectivity index (χ3v) is 7.71. The van der Waals surface area contributed by atoms with Gasteiger partial charge in [0.25, 0.3) is 0 Å². The zero-order valence-electron chi connectivity index (χ0n) is 23.4. The number of hydrogen-bond acceptors (Lipinski definition) is 8. The van der Waals surface area contributed by atoms with Gasteiger partial charge in [-0.15, -0.1) is 0 Å². The maximum atomic E-state index is 13.0. The lowest BCUT2D eigenvalue weighted by Gasteiger charge is -2.37. The third kappa shape index (κ3) is 4.95. The highest BCUT2D eigenvalue weighted by atomic mass is 16.8. The van der Waals surface area contributed by atoms with Crippen molar-refractivity contribution in [2.75, 3.05) is 12.1 Å². The van der Waals surface area contributed by atoms with Crippen LogP contribution in [0.15, 0.2) is 109 Å². The molecule has 2 aliphatic rings. The molecule has 2 aliphatic heterocycles. The van der Waals surface area contributed by atoms with Crippen LogP contribution in [0.1, 0.15) is 42.3 Å². The summed E-state index contributed by atoms with van der Waals surface area (Å²) in [5.41, 5.74) is 3.66. The van der Waals surface area contributed by atoms with Gasteiger partial charge < -0.3 is 18.9 Å². The van der Waals surface area contributed by atoms with Crippen molar-refractivity contribution in [1.29, 1.82) is 0 Å². The average Bonchev–Trinajstić information content (AvgIpc) is 3.51. The summed E-state index contributed by atoms with van der Waals surface area (Å²) in [4.78, 5) is 17.0. The summed E-state index contributed by atoms with van der Waals surface area (Å²) < 4.78 is 27.4. The van der Waals surface area contributed by atoms with Gasteiger partial charge in [-0.05, 0) is 30.5 Å². The van der Waals surface area contributed by atoms with Crippen LogP contribution in [0.3, 0.4) is 0 Å². The maximum Gasteiger partial charge on any atom is 0.351 e. The molecule has 216 valence electrons. The minimum Gasteiger partial charge on any atom is -0.358 e. The van der Waals surface area contributed by atoms with Gasteiger partial charge in [-0.3, -0.25) is 15.3 Å². The van der Waals surface area contributed by atoms with Crippen LogP contribution in [0.5, 0.6) is 0 Å². The Labute approximate surface area is 243 Å². The van der Waals surface area contributed by atoms with Crippen molar-refractivity contribution in [2.24, 2.45) is 0 Å². The van der Waals surface area contributed by atoms with E-state index in [0.29, 0.717) is 5.56 Å². The van der Waals surface area contributed by atoms with Crippen LogP contribution < -0.4 is 11.2 Å². The Morgan fingerprint density at radius 1 is 0.952 bits per heavy atom. The Bertz CT molecular complexity index is 1500. The fourth-order valence-corrected chi connectivity index (χ4v) is 5.90. The lowest BCUT2D eigenvalue weighted by atomic mass is 9.80. The number of rotatable bonds is 9. The average molecular weight is 568 g/mol. The van der Waals surface area contributed by atoms with Crippen molar-refractivity contribution in [1.82, 2.24) is 9.55 Å². The van der Waals surface area contributed by atoms with Gasteiger partial charge in [0, 0.05) is 11.8 Å². The summed E-state index contributed by atoms with van der Waals surface area (Å²) in [7, 11) is 0. The van der Waals surface area contributed by atoms with E-state index in [4.69, 9.17) is 18.9 Å². The summed E-state index contributed by atoms with van der Waals surface area (Å²) in [5, 5.41) is 9.42. The molecule has 0 unspecified atom stereocenters. The minimum absolute atomic E-state index is 0.00275. The Morgan fingerprint density at radius 2 is 1.48 bits per heavy atom. The largest absolute Gasteiger partial charge is 0.358 e. The van der Waals surface area contributed by atoms with Gasteiger partial charge in [-0.2, -0.15) is 4.98 Å². The molecule has 9 nitrogen and oxygen atoms in total. The normalized spacial score (nSPS) is 22.9. The first-order valence-electron chi connectivity index (χ1n) is 13.8. The van der Waals surface area contributed by atoms with E-state index in [-0.39, 0.29) is 12.4 Å². The minimum atomic E-state index is -0.960. The molecule has 2 N–H and O–H groups in total. The molecule has 3 heterocycles. The third-order valence-electron chi connectivity index (χ3n) is 7.71. The summed E-state index contributed by atoms with van der Waals surface area (Å²) in [5.74, 6) is -0.904. The summed E-state index contributed by atoms with van der Waals surface area (Å²) >= 11 is 0. The number of fused-ring (bicyclic) bond motifs is 1. The predicted octanol–water partition coefficient (Wildman–Crippen LogP) is 5.11. The number of ether oxygens (including phenoxy) is 4. The van der Waals surface area contributed by atoms with E-state index in [9.17, 15) is 10.0 Å². The number of hydrogen-bond donors (Lipinski definition) is 2. The van der Waals surface area contributed by atoms with Crippen LogP contribution in [0.4, 0.5) is 5.82 Å². The summed E-state index contributed by atoms with van der Waals surface area (Å²) in [6, 6.07) is 30.2. The van der Waals surface area contributed by atoms with E-state index in [0.717, 1.165) is 16.7 Å². The Hall–Kier alpha value is -4.12. The molecule has 0 radical (unpaired) electrons. The van der Waals surface area contributed by atoms with E-state index >= 15 is 0 Å². The smallest absolute Gasteiger partial charge is 0.351 e. The first-order valence-corrected chi connectivity index (χ1v) is 13.8. The molecule has 0 spiro atoms. The predicted molar refractivity (Wildman–Crippen MR) is 157 cm³/mol. The summed E-state index contributed by atoms with van der Waals surface area (Å²) in [6.07, 6.45) is 0.433. The zero-order valence-corrected chi connectivity index (χ0v) is 23.4. The highest BCUT2D eigenvalue weighted by Crippen LogP contribution is 2.45. The molecule has 3 aromatic carbocycles. The van der Waals surface area contributed by atoms with Crippen molar-refractivity contribution in [2.45, 2.75) is 49.8 Å². The first-order chi connectivity index (χ1) is 20.4. The number of anilines is 1. The van der Waals surface area contributed by atoms with E-state index in [1.54, 1.807) is 0 Å². The number of benzene rings is 3. The molecule has 9 heteroatoms. The Kier molecular flexibility index (Phi) is 7.53. The molecule has 42 heavy (non-hydrogen) atoms. The lowest BCUT2D eigenvalue weighted by molar-refractivity contribution is -0.205. The van der Waals surface area contributed by atoms with E-state index in [2.05, 4.69) is 48.0 Å². The van der Waals surface area contributed by atoms with Gasteiger partial charge in [-0.1, -0.05) is 104 Å². The molecule has 0 amide bonds. The van der Waals surface area contributed by atoms with Crippen molar-refractivity contribution in [3.05, 3.63) is 137 Å². The highest BCUT2D eigenvalue weighted by molar-refractivity contribution is 5.59. The molecule has 1 aromatic heterocycles. The second-order valence-corrected chi connectivity index (χ2v) is 10.8. The van der Waals surface area contributed by atoms with Crippen molar-refractivity contribution in [3.63, 3.8) is 0 Å².